The fourth-order valence-corrected chi connectivity index (χ4v) is 1.82. The average Bonchev–Trinajstić information content (AvgIpc) is 2.09. The molecule has 13 heavy (non-hydrogen) atoms. The van der Waals surface area contributed by atoms with Gasteiger partial charge in [0.2, 0.25) is 0 Å². The summed E-state index contributed by atoms with van der Waals surface area (Å²) in [4.78, 5) is 0.778. The van der Waals surface area contributed by atoms with Crippen LogP contribution in [0.25, 0.3) is 0 Å². The van der Waals surface area contributed by atoms with Crippen LogP contribution in [0.3, 0.4) is 0 Å². The van der Waals surface area contributed by atoms with Crippen LogP contribution >= 0.6 is 23.4 Å². The van der Waals surface area contributed by atoms with Crippen molar-refractivity contribution in [2.75, 3.05) is 11.5 Å². The lowest BCUT2D eigenvalue weighted by molar-refractivity contribution is 0.631. The molecule has 0 amide bonds. The zero-order valence-electron chi connectivity index (χ0n) is 6.89. The highest BCUT2D eigenvalue weighted by Gasteiger charge is 2.05. The fraction of sp³-hybridized carbons (Fsp3) is 0.111. The summed E-state index contributed by atoms with van der Waals surface area (Å²) in [6, 6.07) is 2.76. The van der Waals surface area contributed by atoms with E-state index in [1.807, 2.05) is 0 Å². The van der Waals surface area contributed by atoms with Gasteiger partial charge in [0, 0.05) is 10.6 Å². The van der Waals surface area contributed by atoms with E-state index in [9.17, 15) is 4.39 Å². The molecule has 0 aromatic heterocycles. The number of hydrogen-bond acceptors (Lipinski definition) is 2. The number of hydrogen-bond donors (Lipinski definition) is 1. The van der Waals surface area contributed by atoms with Crippen LogP contribution in [-0.2, 0) is 0 Å². The minimum atomic E-state index is -0.479. The summed E-state index contributed by atoms with van der Waals surface area (Å²) >= 11 is 7.26. The second-order valence-electron chi connectivity index (χ2n) is 2.40. The summed E-state index contributed by atoms with van der Waals surface area (Å²) in [6.45, 7) is 3.58. The van der Waals surface area contributed by atoms with Crippen LogP contribution in [0.5, 0.6) is 0 Å². The highest BCUT2D eigenvalue weighted by molar-refractivity contribution is 7.99. The Balaban J connectivity index is 2.94. The van der Waals surface area contributed by atoms with E-state index in [4.69, 9.17) is 17.3 Å². The van der Waals surface area contributed by atoms with Gasteiger partial charge in [-0.3, -0.25) is 0 Å². The van der Waals surface area contributed by atoms with Crippen LogP contribution in [0.4, 0.5) is 10.1 Å². The van der Waals surface area contributed by atoms with Gasteiger partial charge in [0.25, 0.3) is 0 Å². The first-order valence-electron chi connectivity index (χ1n) is 3.63. The van der Waals surface area contributed by atoms with Gasteiger partial charge < -0.3 is 5.73 Å². The number of nitrogen functional groups attached to an aromatic ring is 1. The van der Waals surface area contributed by atoms with E-state index in [1.165, 1.54) is 23.9 Å². The Kier molecular flexibility index (Phi) is 3.63. The van der Waals surface area contributed by atoms with Crippen LogP contribution in [0.1, 0.15) is 0 Å². The number of nitrogens with two attached hydrogens (primary N) is 1. The molecule has 0 saturated carbocycles. The zero-order valence-corrected chi connectivity index (χ0v) is 8.46. The molecule has 0 heterocycles. The largest absolute Gasteiger partial charge is 0.396 e. The molecule has 0 unspecified atom stereocenters. The highest BCUT2D eigenvalue weighted by atomic mass is 35.5. The quantitative estimate of drug-likeness (QED) is 0.478. The van der Waals surface area contributed by atoms with E-state index in [0.29, 0.717) is 5.02 Å². The molecule has 0 bridgehead atoms. The normalized spacial score (nSPS) is 10.0. The predicted octanol–water partition coefficient (Wildman–Crippen LogP) is 3.34. The SMILES string of the molecule is C=CCSc1cc(N)c(F)cc1Cl. The van der Waals surface area contributed by atoms with Crippen molar-refractivity contribution in [2.24, 2.45) is 0 Å². The number of halogens is 2. The van der Waals surface area contributed by atoms with Crippen molar-refractivity contribution in [1.29, 1.82) is 0 Å². The van der Waals surface area contributed by atoms with Gasteiger partial charge in [-0.2, -0.15) is 0 Å². The first kappa shape index (κ1) is 10.4. The minimum Gasteiger partial charge on any atom is -0.396 e. The summed E-state index contributed by atoms with van der Waals surface area (Å²) in [5.41, 5.74) is 5.51. The van der Waals surface area contributed by atoms with E-state index >= 15 is 0 Å². The molecule has 0 aliphatic heterocycles. The topological polar surface area (TPSA) is 26.0 Å². The molecule has 0 aliphatic carbocycles. The van der Waals surface area contributed by atoms with Crippen LogP contribution in [0, 0.1) is 5.82 Å². The van der Waals surface area contributed by atoms with Gasteiger partial charge in [-0.05, 0) is 12.1 Å². The van der Waals surface area contributed by atoms with E-state index in [2.05, 4.69) is 6.58 Å². The van der Waals surface area contributed by atoms with E-state index in [1.54, 1.807) is 6.08 Å². The Morgan fingerprint density at radius 2 is 2.31 bits per heavy atom. The predicted molar refractivity (Wildman–Crippen MR) is 56.7 cm³/mol. The van der Waals surface area contributed by atoms with Crippen molar-refractivity contribution >= 4 is 29.1 Å². The third-order valence-electron chi connectivity index (χ3n) is 1.41. The van der Waals surface area contributed by atoms with Crippen molar-refractivity contribution in [3.8, 4) is 0 Å². The summed E-state index contributed by atoms with van der Waals surface area (Å²) in [5, 5.41) is 0.388. The second-order valence-corrected chi connectivity index (χ2v) is 3.87. The van der Waals surface area contributed by atoms with Gasteiger partial charge in [0.1, 0.15) is 5.82 Å². The maximum atomic E-state index is 12.8. The molecule has 1 rings (SSSR count). The molecule has 2 N–H and O–H groups in total. The summed E-state index contributed by atoms with van der Waals surface area (Å²) in [7, 11) is 0. The minimum absolute atomic E-state index is 0.121. The summed E-state index contributed by atoms with van der Waals surface area (Å²) < 4.78 is 12.8. The molecule has 1 aromatic rings. The maximum absolute atomic E-state index is 12.8. The van der Waals surface area contributed by atoms with Gasteiger partial charge in [-0.1, -0.05) is 17.7 Å². The van der Waals surface area contributed by atoms with Crippen LogP contribution in [-0.4, -0.2) is 5.75 Å². The molecule has 1 aromatic carbocycles. The molecule has 70 valence electrons. The zero-order chi connectivity index (χ0) is 9.84. The standard InChI is InChI=1S/C9H9ClFNS/c1-2-3-13-9-5-8(12)7(11)4-6(9)10/h2,4-5H,1,3,12H2. The Bertz CT molecular complexity index is 328. The lowest BCUT2D eigenvalue weighted by atomic mass is 10.3. The molecule has 0 aliphatic rings. The second kappa shape index (κ2) is 4.53. The number of thioether (sulfide) groups is 1. The molecule has 0 radical (unpaired) electrons. The monoisotopic (exact) mass is 217 g/mol. The van der Waals surface area contributed by atoms with Crippen LogP contribution in [0.2, 0.25) is 5.02 Å². The Morgan fingerprint density at radius 1 is 1.62 bits per heavy atom. The lowest BCUT2D eigenvalue weighted by Gasteiger charge is -2.04. The molecular formula is C9H9ClFNS. The molecule has 1 nitrogen and oxygen atoms in total. The fourth-order valence-electron chi connectivity index (χ4n) is 0.804. The van der Waals surface area contributed by atoms with Gasteiger partial charge in [-0.25, -0.2) is 4.39 Å². The molecule has 0 atom stereocenters. The van der Waals surface area contributed by atoms with Gasteiger partial charge >= 0.3 is 0 Å². The van der Waals surface area contributed by atoms with Crippen molar-refractivity contribution in [3.63, 3.8) is 0 Å². The molecular weight excluding hydrogens is 209 g/mol. The number of anilines is 1. The van der Waals surface area contributed by atoms with Crippen molar-refractivity contribution in [3.05, 3.63) is 35.6 Å². The maximum Gasteiger partial charge on any atom is 0.147 e. The molecule has 0 fully saturated rings. The molecule has 4 heteroatoms. The third-order valence-corrected chi connectivity index (χ3v) is 2.88. The van der Waals surface area contributed by atoms with Crippen molar-refractivity contribution in [1.82, 2.24) is 0 Å². The summed E-state index contributed by atoms with van der Waals surface area (Å²) in [5.74, 6) is 0.248. The number of benzene rings is 1. The average molecular weight is 218 g/mol. The van der Waals surface area contributed by atoms with Crippen LogP contribution in [0.15, 0.2) is 29.7 Å². The first-order valence-corrected chi connectivity index (χ1v) is 4.99. The van der Waals surface area contributed by atoms with Crippen molar-refractivity contribution < 1.29 is 4.39 Å². The van der Waals surface area contributed by atoms with E-state index in [0.717, 1.165) is 10.6 Å². The Labute approximate surface area is 85.8 Å². The van der Waals surface area contributed by atoms with E-state index in [-0.39, 0.29) is 5.69 Å². The first-order chi connectivity index (χ1) is 6.15. The van der Waals surface area contributed by atoms with Gasteiger partial charge in [0.15, 0.2) is 0 Å². The Hall–Kier alpha value is -0.670. The number of rotatable bonds is 3. The Morgan fingerprint density at radius 3 is 2.92 bits per heavy atom. The summed E-state index contributed by atoms with van der Waals surface area (Å²) in [6.07, 6.45) is 1.75. The van der Waals surface area contributed by atoms with Crippen molar-refractivity contribution in [2.45, 2.75) is 4.90 Å². The highest BCUT2D eigenvalue weighted by Crippen LogP contribution is 2.30. The molecule has 0 saturated heterocycles. The van der Waals surface area contributed by atoms with Gasteiger partial charge in [-0.15, -0.1) is 18.3 Å². The van der Waals surface area contributed by atoms with E-state index < -0.39 is 5.82 Å². The molecule has 0 spiro atoms. The van der Waals surface area contributed by atoms with Crippen LogP contribution < -0.4 is 5.73 Å². The third kappa shape index (κ3) is 2.64. The lowest BCUT2D eigenvalue weighted by Crippen LogP contribution is -1.91. The smallest absolute Gasteiger partial charge is 0.147 e. The van der Waals surface area contributed by atoms with Gasteiger partial charge in [0.05, 0.1) is 10.7 Å².